The number of ether oxygens (including phenoxy) is 2. The van der Waals surface area contributed by atoms with E-state index in [9.17, 15) is 9.59 Å². The standard InChI is InChI=1S/C15H21N3O4/c1-17(2)15(20)16-8-13-9-18(14(19)10-22-13)11-5-4-6-12(7-11)21-3/h4-7,13H,8-10H2,1-3H3,(H,16,20). The first-order valence-corrected chi connectivity index (χ1v) is 7.02. The van der Waals surface area contributed by atoms with Crippen LogP contribution in [0.3, 0.4) is 0 Å². The number of urea groups is 1. The van der Waals surface area contributed by atoms with Crippen molar-refractivity contribution in [2.75, 3.05) is 45.8 Å². The number of amides is 3. The van der Waals surface area contributed by atoms with Crippen LogP contribution in [0, 0.1) is 0 Å². The molecule has 7 heteroatoms. The van der Waals surface area contributed by atoms with Gasteiger partial charge in [-0.1, -0.05) is 6.07 Å². The number of anilines is 1. The molecule has 1 aromatic rings. The highest BCUT2D eigenvalue weighted by Crippen LogP contribution is 2.23. The number of benzene rings is 1. The zero-order valence-electron chi connectivity index (χ0n) is 13.0. The van der Waals surface area contributed by atoms with Crippen molar-refractivity contribution < 1.29 is 19.1 Å². The lowest BCUT2D eigenvalue weighted by Crippen LogP contribution is -2.51. The molecule has 1 unspecified atom stereocenters. The molecule has 1 aliphatic heterocycles. The minimum Gasteiger partial charge on any atom is -0.497 e. The smallest absolute Gasteiger partial charge is 0.316 e. The third kappa shape index (κ3) is 3.88. The van der Waals surface area contributed by atoms with Gasteiger partial charge in [0, 0.05) is 32.4 Å². The van der Waals surface area contributed by atoms with E-state index in [4.69, 9.17) is 9.47 Å². The maximum absolute atomic E-state index is 12.1. The molecule has 0 aliphatic carbocycles. The van der Waals surface area contributed by atoms with E-state index in [1.165, 1.54) is 4.90 Å². The molecule has 1 fully saturated rings. The zero-order chi connectivity index (χ0) is 16.1. The van der Waals surface area contributed by atoms with Crippen LogP contribution >= 0.6 is 0 Å². The van der Waals surface area contributed by atoms with Crippen molar-refractivity contribution in [2.45, 2.75) is 6.10 Å². The minimum atomic E-state index is -0.243. The van der Waals surface area contributed by atoms with Crippen molar-refractivity contribution in [3.8, 4) is 5.75 Å². The van der Waals surface area contributed by atoms with E-state index in [0.29, 0.717) is 18.8 Å². The number of morpholine rings is 1. The topological polar surface area (TPSA) is 71.1 Å². The molecule has 7 nitrogen and oxygen atoms in total. The summed E-state index contributed by atoms with van der Waals surface area (Å²) in [6.07, 6.45) is -0.243. The van der Waals surface area contributed by atoms with Gasteiger partial charge in [0.25, 0.3) is 5.91 Å². The predicted octanol–water partition coefficient (Wildman–Crippen LogP) is 0.698. The van der Waals surface area contributed by atoms with Gasteiger partial charge in [-0.3, -0.25) is 4.79 Å². The van der Waals surface area contributed by atoms with E-state index in [2.05, 4.69) is 5.32 Å². The van der Waals surface area contributed by atoms with Crippen molar-refractivity contribution in [1.82, 2.24) is 10.2 Å². The summed E-state index contributed by atoms with van der Waals surface area (Å²) in [7, 11) is 4.92. The molecule has 0 aromatic heterocycles. The fourth-order valence-corrected chi connectivity index (χ4v) is 2.14. The molecule has 1 saturated heterocycles. The largest absolute Gasteiger partial charge is 0.497 e. The second-order valence-electron chi connectivity index (χ2n) is 5.22. The number of methoxy groups -OCH3 is 1. The Hall–Kier alpha value is -2.28. The zero-order valence-corrected chi connectivity index (χ0v) is 13.0. The lowest BCUT2D eigenvalue weighted by molar-refractivity contribution is -0.129. The molecule has 22 heavy (non-hydrogen) atoms. The highest BCUT2D eigenvalue weighted by atomic mass is 16.5. The van der Waals surface area contributed by atoms with Crippen LogP contribution in [-0.2, 0) is 9.53 Å². The molecule has 0 bridgehead atoms. The number of hydrogen-bond donors (Lipinski definition) is 1. The molecule has 0 spiro atoms. The van der Waals surface area contributed by atoms with Gasteiger partial charge in [-0.15, -0.1) is 0 Å². The lowest BCUT2D eigenvalue weighted by Gasteiger charge is -2.33. The van der Waals surface area contributed by atoms with E-state index in [0.717, 1.165) is 5.69 Å². The maximum Gasteiger partial charge on any atom is 0.316 e. The fourth-order valence-electron chi connectivity index (χ4n) is 2.14. The average molecular weight is 307 g/mol. The van der Waals surface area contributed by atoms with Crippen LogP contribution in [0.15, 0.2) is 24.3 Å². The van der Waals surface area contributed by atoms with Crippen molar-refractivity contribution in [1.29, 1.82) is 0 Å². The molecule has 1 aromatic carbocycles. The number of nitrogens with zero attached hydrogens (tertiary/aromatic N) is 2. The Balaban J connectivity index is 2.01. The van der Waals surface area contributed by atoms with Gasteiger partial charge in [0.15, 0.2) is 0 Å². The summed E-state index contributed by atoms with van der Waals surface area (Å²) >= 11 is 0. The van der Waals surface area contributed by atoms with Crippen molar-refractivity contribution in [2.24, 2.45) is 0 Å². The summed E-state index contributed by atoms with van der Waals surface area (Å²) in [5, 5.41) is 2.76. The number of carbonyl (C=O) groups is 2. The number of carbonyl (C=O) groups excluding carboxylic acids is 2. The van der Waals surface area contributed by atoms with Crippen LogP contribution in [0.2, 0.25) is 0 Å². The van der Waals surface area contributed by atoms with Gasteiger partial charge in [-0.2, -0.15) is 0 Å². The summed E-state index contributed by atoms with van der Waals surface area (Å²) in [6.45, 7) is 0.740. The lowest BCUT2D eigenvalue weighted by atomic mass is 10.2. The van der Waals surface area contributed by atoms with Crippen LogP contribution < -0.4 is 15.0 Å². The molecule has 1 N–H and O–H groups in total. The highest BCUT2D eigenvalue weighted by molar-refractivity contribution is 5.95. The van der Waals surface area contributed by atoms with Gasteiger partial charge >= 0.3 is 6.03 Å². The van der Waals surface area contributed by atoms with Gasteiger partial charge < -0.3 is 24.6 Å². The molecule has 0 radical (unpaired) electrons. The van der Waals surface area contributed by atoms with E-state index < -0.39 is 0 Å². The van der Waals surface area contributed by atoms with Crippen LogP contribution in [0.1, 0.15) is 0 Å². The Morgan fingerprint density at radius 1 is 1.50 bits per heavy atom. The first kappa shape index (κ1) is 16.1. The molecule has 2 rings (SSSR count). The molecule has 3 amide bonds. The van der Waals surface area contributed by atoms with E-state index >= 15 is 0 Å². The molecular weight excluding hydrogens is 286 g/mol. The quantitative estimate of drug-likeness (QED) is 0.889. The predicted molar refractivity (Wildman–Crippen MR) is 82.2 cm³/mol. The SMILES string of the molecule is COc1cccc(N2CC(CNC(=O)N(C)C)OCC2=O)c1. The van der Waals surface area contributed by atoms with E-state index in [-0.39, 0.29) is 24.6 Å². The van der Waals surface area contributed by atoms with Crippen molar-refractivity contribution in [3.63, 3.8) is 0 Å². The number of rotatable bonds is 4. The molecule has 0 saturated carbocycles. The molecular formula is C15H21N3O4. The Labute approximate surface area is 129 Å². The monoisotopic (exact) mass is 307 g/mol. The molecule has 1 heterocycles. The highest BCUT2D eigenvalue weighted by Gasteiger charge is 2.28. The summed E-state index contributed by atoms with van der Waals surface area (Å²) in [6, 6.07) is 7.12. The van der Waals surface area contributed by atoms with Crippen molar-refractivity contribution >= 4 is 17.6 Å². The minimum absolute atomic E-state index is 0.000287. The third-order valence-corrected chi connectivity index (χ3v) is 3.38. The summed E-state index contributed by atoms with van der Waals surface area (Å²) < 4.78 is 10.7. The van der Waals surface area contributed by atoms with E-state index in [1.807, 2.05) is 18.2 Å². The summed E-state index contributed by atoms with van der Waals surface area (Å²) in [5.74, 6) is 0.581. The van der Waals surface area contributed by atoms with Gasteiger partial charge in [0.05, 0.1) is 19.8 Å². The summed E-state index contributed by atoms with van der Waals surface area (Å²) in [4.78, 5) is 26.7. The third-order valence-electron chi connectivity index (χ3n) is 3.38. The van der Waals surface area contributed by atoms with Crippen molar-refractivity contribution in [3.05, 3.63) is 24.3 Å². The fraction of sp³-hybridized carbons (Fsp3) is 0.467. The normalized spacial score (nSPS) is 18.0. The number of hydrogen-bond acceptors (Lipinski definition) is 4. The second kappa shape index (κ2) is 7.13. The van der Waals surface area contributed by atoms with Crippen LogP contribution in [0.5, 0.6) is 5.75 Å². The molecule has 1 atom stereocenters. The van der Waals surface area contributed by atoms with Gasteiger partial charge in [-0.05, 0) is 12.1 Å². The average Bonchev–Trinajstić information content (AvgIpc) is 2.53. The maximum atomic E-state index is 12.1. The van der Waals surface area contributed by atoms with Crippen LogP contribution in [0.4, 0.5) is 10.5 Å². The van der Waals surface area contributed by atoms with Crippen LogP contribution in [-0.4, -0.2) is 63.8 Å². The first-order chi connectivity index (χ1) is 10.5. The Bertz CT molecular complexity index is 547. The van der Waals surface area contributed by atoms with Gasteiger partial charge in [-0.25, -0.2) is 4.79 Å². The Morgan fingerprint density at radius 2 is 2.27 bits per heavy atom. The Kier molecular flexibility index (Phi) is 5.21. The summed E-state index contributed by atoms with van der Waals surface area (Å²) in [5.41, 5.74) is 0.761. The first-order valence-electron chi connectivity index (χ1n) is 7.02. The van der Waals surface area contributed by atoms with Crippen LogP contribution in [0.25, 0.3) is 0 Å². The van der Waals surface area contributed by atoms with Gasteiger partial charge in [0.1, 0.15) is 12.4 Å². The number of nitrogens with one attached hydrogen (secondary N) is 1. The second-order valence-corrected chi connectivity index (χ2v) is 5.22. The molecule has 1 aliphatic rings. The molecule has 120 valence electrons. The Morgan fingerprint density at radius 3 is 2.95 bits per heavy atom. The van der Waals surface area contributed by atoms with Gasteiger partial charge in [0.2, 0.25) is 0 Å². The van der Waals surface area contributed by atoms with E-state index in [1.54, 1.807) is 32.2 Å².